The molecule has 0 spiro atoms. The first kappa shape index (κ1) is 17.8. The average molecular weight is 371 g/mol. The van der Waals surface area contributed by atoms with E-state index in [-0.39, 0.29) is 18.3 Å². The fourth-order valence-corrected chi connectivity index (χ4v) is 4.34. The number of rotatable bonds is 2. The van der Waals surface area contributed by atoms with Gasteiger partial charge < -0.3 is 13.9 Å². The standard InChI is InChI=1S/C24H26BNO2/c1-6-26-21-14-12-17(25-27-23(2,3)24(4,5)28-25)15-20(21)19-13-11-16-9-7-8-10-18(16)22(19)26/h7-15H,6H2,1-5H3. The van der Waals surface area contributed by atoms with Gasteiger partial charge in [-0.3, -0.25) is 0 Å². The number of benzene rings is 3. The highest BCUT2D eigenvalue weighted by Crippen LogP contribution is 2.38. The van der Waals surface area contributed by atoms with Crippen molar-refractivity contribution in [3.05, 3.63) is 54.6 Å². The predicted octanol–water partition coefficient (Wildman–Crippen LogP) is 5.27. The van der Waals surface area contributed by atoms with Crippen molar-refractivity contribution < 1.29 is 9.31 Å². The van der Waals surface area contributed by atoms with Crippen LogP contribution in [0.2, 0.25) is 0 Å². The molecule has 0 atom stereocenters. The smallest absolute Gasteiger partial charge is 0.399 e. The summed E-state index contributed by atoms with van der Waals surface area (Å²) in [7, 11) is -0.338. The maximum absolute atomic E-state index is 6.29. The van der Waals surface area contributed by atoms with E-state index in [0.717, 1.165) is 12.0 Å². The minimum Gasteiger partial charge on any atom is -0.399 e. The Hall–Kier alpha value is -2.30. The van der Waals surface area contributed by atoms with Gasteiger partial charge in [0.25, 0.3) is 0 Å². The van der Waals surface area contributed by atoms with Crippen LogP contribution < -0.4 is 5.46 Å². The summed E-state index contributed by atoms with van der Waals surface area (Å²) in [6, 6.07) is 19.7. The highest BCUT2D eigenvalue weighted by molar-refractivity contribution is 6.62. The summed E-state index contributed by atoms with van der Waals surface area (Å²) in [5.41, 5.74) is 2.98. The van der Waals surface area contributed by atoms with Gasteiger partial charge in [0.15, 0.2) is 0 Å². The van der Waals surface area contributed by atoms with Crippen molar-refractivity contribution in [2.24, 2.45) is 0 Å². The monoisotopic (exact) mass is 371 g/mol. The first-order chi connectivity index (χ1) is 13.3. The van der Waals surface area contributed by atoms with Crippen LogP contribution in [0, 0.1) is 0 Å². The van der Waals surface area contributed by atoms with E-state index in [2.05, 4.69) is 93.8 Å². The Balaban J connectivity index is 1.75. The molecule has 1 aromatic heterocycles. The molecule has 1 aliphatic rings. The molecule has 4 heteroatoms. The van der Waals surface area contributed by atoms with Crippen molar-refractivity contribution in [1.82, 2.24) is 4.57 Å². The zero-order valence-electron chi connectivity index (χ0n) is 17.2. The zero-order chi connectivity index (χ0) is 19.7. The second-order valence-corrected chi connectivity index (χ2v) is 8.79. The van der Waals surface area contributed by atoms with E-state index >= 15 is 0 Å². The van der Waals surface area contributed by atoms with Crippen molar-refractivity contribution in [2.75, 3.05) is 0 Å². The van der Waals surface area contributed by atoms with Gasteiger partial charge in [-0.25, -0.2) is 0 Å². The topological polar surface area (TPSA) is 23.4 Å². The predicted molar refractivity (Wildman–Crippen MR) is 118 cm³/mol. The van der Waals surface area contributed by atoms with Gasteiger partial charge in [0.1, 0.15) is 0 Å². The Morgan fingerprint density at radius 3 is 2.25 bits per heavy atom. The van der Waals surface area contributed by atoms with Crippen LogP contribution in [0.3, 0.4) is 0 Å². The summed E-state index contributed by atoms with van der Waals surface area (Å²) in [5.74, 6) is 0. The molecule has 0 unspecified atom stereocenters. The molecule has 0 aliphatic carbocycles. The third-order valence-electron chi connectivity index (χ3n) is 6.61. The lowest BCUT2D eigenvalue weighted by Gasteiger charge is -2.32. The zero-order valence-corrected chi connectivity index (χ0v) is 17.2. The number of aryl methyl sites for hydroxylation is 1. The van der Waals surface area contributed by atoms with E-state index in [1.807, 2.05) is 0 Å². The first-order valence-corrected chi connectivity index (χ1v) is 10.1. The molecule has 1 fully saturated rings. The Labute approximate surface area is 166 Å². The fourth-order valence-electron chi connectivity index (χ4n) is 4.34. The van der Waals surface area contributed by atoms with Crippen molar-refractivity contribution in [1.29, 1.82) is 0 Å². The normalized spacial score (nSPS) is 18.5. The van der Waals surface area contributed by atoms with Gasteiger partial charge in [-0.2, -0.15) is 0 Å². The lowest BCUT2D eigenvalue weighted by Crippen LogP contribution is -2.41. The van der Waals surface area contributed by atoms with Crippen LogP contribution in [0.1, 0.15) is 34.6 Å². The molecule has 5 rings (SSSR count). The molecule has 0 saturated carbocycles. The molecule has 3 nitrogen and oxygen atoms in total. The molecule has 142 valence electrons. The lowest BCUT2D eigenvalue weighted by atomic mass is 9.78. The Bertz CT molecular complexity index is 1210. The Morgan fingerprint density at radius 2 is 1.54 bits per heavy atom. The van der Waals surface area contributed by atoms with Gasteiger partial charge in [-0.05, 0) is 51.5 Å². The molecule has 0 radical (unpaired) electrons. The van der Waals surface area contributed by atoms with Crippen LogP contribution in [0.4, 0.5) is 0 Å². The Kier molecular flexibility index (Phi) is 3.72. The summed E-state index contributed by atoms with van der Waals surface area (Å²) in [6.07, 6.45) is 0. The maximum Gasteiger partial charge on any atom is 0.494 e. The summed E-state index contributed by atoms with van der Waals surface area (Å²) in [4.78, 5) is 0. The van der Waals surface area contributed by atoms with Crippen LogP contribution in [-0.2, 0) is 15.9 Å². The summed E-state index contributed by atoms with van der Waals surface area (Å²) in [6.45, 7) is 11.5. The van der Waals surface area contributed by atoms with Crippen molar-refractivity contribution in [3.8, 4) is 0 Å². The third kappa shape index (κ3) is 2.38. The van der Waals surface area contributed by atoms with Gasteiger partial charge in [0.05, 0.1) is 16.7 Å². The van der Waals surface area contributed by atoms with Crippen LogP contribution in [0.5, 0.6) is 0 Å². The van der Waals surface area contributed by atoms with Gasteiger partial charge in [-0.1, -0.05) is 48.5 Å². The van der Waals surface area contributed by atoms with Gasteiger partial charge in [-0.15, -0.1) is 0 Å². The van der Waals surface area contributed by atoms with Gasteiger partial charge in [0.2, 0.25) is 0 Å². The highest BCUT2D eigenvalue weighted by atomic mass is 16.7. The van der Waals surface area contributed by atoms with Crippen LogP contribution in [0.15, 0.2) is 54.6 Å². The van der Waals surface area contributed by atoms with Crippen molar-refractivity contribution >= 4 is 45.2 Å². The molecule has 1 aliphatic heterocycles. The molecule has 2 heterocycles. The first-order valence-electron chi connectivity index (χ1n) is 10.1. The van der Waals surface area contributed by atoms with E-state index < -0.39 is 0 Å². The lowest BCUT2D eigenvalue weighted by molar-refractivity contribution is 0.00578. The van der Waals surface area contributed by atoms with E-state index in [4.69, 9.17) is 9.31 Å². The highest BCUT2D eigenvalue weighted by Gasteiger charge is 2.51. The van der Waals surface area contributed by atoms with Crippen molar-refractivity contribution in [2.45, 2.75) is 52.4 Å². The minimum absolute atomic E-state index is 0.333. The summed E-state index contributed by atoms with van der Waals surface area (Å²) < 4.78 is 15.0. The molecule has 28 heavy (non-hydrogen) atoms. The SMILES string of the molecule is CCn1c2ccc(B3OC(C)(C)C(C)(C)O3)cc2c2ccc3ccccc3c21. The molecule has 0 N–H and O–H groups in total. The Morgan fingerprint density at radius 1 is 0.821 bits per heavy atom. The number of hydrogen-bond acceptors (Lipinski definition) is 2. The van der Waals surface area contributed by atoms with Crippen molar-refractivity contribution in [3.63, 3.8) is 0 Å². The van der Waals surface area contributed by atoms with E-state index in [9.17, 15) is 0 Å². The van der Waals surface area contributed by atoms with E-state index in [0.29, 0.717) is 0 Å². The average Bonchev–Trinajstić information content (AvgIpc) is 3.11. The number of nitrogens with zero attached hydrogens (tertiary/aromatic N) is 1. The third-order valence-corrected chi connectivity index (χ3v) is 6.61. The van der Waals surface area contributed by atoms with Gasteiger partial charge in [0, 0.05) is 28.2 Å². The summed E-state index contributed by atoms with van der Waals surface area (Å²) in [5, 5.41) is 5.12. The largest absolute Gasteiger partial charge is 0.494 e. The molecule has 4 aromatic rings. The molecule has 0 amide bonds. The van der Waals surface area contributed by atoms with Crippen LogP contribution in [0.25, 0.3) is 32.6 Å². The molecular formula is C24H26BNO2. The van der Waals surface area contributed by atoms with Crippen LogP contribution >= 0.6 is 0 Å². The second kappa shape index (κ2) is 5.85. The van der Waals surface area contributed by atoms with E-state index in [1.54, 1.807) is 0 Å². The molecule has 1 saturated heterocycles. The number of aromatic nitrogens is 1. The maximum atomic E-state index is 6.29. The quantitative estimate of drug-likeness (QED) is 0.449. The number of hydrogen-bond donors (Lipinski definition) is 0. The molecule has 0 bridgehead atoms. The number of fused-ring (bicyclic) bond motifs is 5. The van der Waals surface area contributed by atoms with Gasteiger partial charge >= 0.3 is 7.12 Å². The summed E-state index contributed by atoms with van der Waals surface area (Å²) >= 11 is 0. The second-order valence-electron chi connectivity index (χ2n) is 8.79. The van der Waals surface area contributed by atoms with Crippen LogP contribution in [-0.4, -0.2) is 22.9 Å². The fraction of sp³-hybridized carbons (Fsp3) is 0.333. The minimum atomic E-state index is -0.338. The molecule has 3 aromatic carbocycles. The molecular weight excluding hydrogens is 345 g/mol. The van der Waals surface area contributed by atoms with E-state index in [1.165, 1.54) is 32.6 Å².